The molecule has 1 aromatic rings. The third-order valence-corrected chi connectivity index (χ3v) is 3.02. The van der Waals surface area contributed by atoms with Crippen LogP contribution in [-0.2, 0) is 0 Å². The molecule has 0 saturated carbocycles. The maximum absolute atomic E-state index is 10.1. The summed E-state index contributed by atoms with van der Waals surface area (Å²) in [6, 6.07) is 3.96. The SMILES string of the molecule is CCC(O)(CC)CN[C@H](C)c1ccco1. The summed E-state index contributed by atoms with van der Waals surface area (Å²) in [6.45, 7) is 6.64. The van der Waals surface area contributed by atoms with Gasteiger partial charge in [-0.25, -0.2) is 0 Å². The van der Waals surface area contributed by atoms with Gasteiger partial charge in [0, 0.05) is 6.54 Å². The van der Waals surface area contributed by atoms with Gasteiger partial charge in [-0.3, -0.25) is 0 Å². The number of furan rings is 1. The highest BCUT2D eigenvalue weighted by Gasteiger charge is 2.22. The minimum absolute atomic E-state index is 0.143. The average molecular weight is 211 g/mol. The van der Waals surface area contributed by atoms with Gasteiger partial charge < -0.3 is 14.8 Å². The molecule has 0 aliphatic carbocycles. The summed E-state index contributed by atoms with van der Waals surface area (Å²) in [7, 11) is 0. The van der Waals surface area contributed by atoms with Gasteiger partial charge in [0.1, 0.15) is 5.76 Å². The summed E-state index contributed by atoms with van der Waals surface area (Å²) in [5, 5.41) is 13.4. The van der Waals surface area contributed by atoms with Crippen molar-refractivity contribution in [3.05, 3.63) is 24.2 Å². The van der Waals surface area contributed by atoms with Crippen LogP contribution in [0.25, 0.3) is 0 Å². The van der Waals surface area contributed by atoms with Crippen LogP contribution in [0.1, 0.15) is 45.4 Å². The van der Waals surface area contributed by atoms with Crippen molar-refractivity contribution in [2.24, 2.45) is 0 Å². The Balaban J connectivity index is 2.43. The van der Waals surface area contributed by atoms with E-state index in [-0.39, 0.29) is 6.04 Å². The summed E-state index contributed by atoms with van der Waals surface area (Å²) in [5.41, 5.74) is -0.596. The van der Waals surface area contributed by atoms with E-state index in [1.54, 1.807) is 6.26 Å². The van der Waals surface area contributed by atoms with Crippen molar-refractivity contribution in [1.82, 2.24) is 5.32 Å². The first kappa shape index (κ1) is 12.3. The molecule has 86 valence electrons. The van der Waals surface area contributed by atoms with Crippen molar-refractivity contribution in [3.8, 4) is 0 Å². The molecule has 2 N–H and O–H groups in total. The molecule has 1 heterocycles. The number of nitrogens with one attached hydrogen (secondary N) is 1. The van der Waals surface area contributed by atoms with Crippen LogP contribution in [0.5, 0.6) is 0 Å². The van der Waals surface area contributed by atoms with E-state index < -0.39 is 5.60 Å². The van der Waals surface area contributed by atoms with Crippen molar-refractivity contribution in [2.75, 3.05) is 6.54 Å². The van der Waals surface area contributed by atoms with Crippen molar-refractivity contribution >= 4 is 0 Å². The monoisotopic (exact) mass is 211 g/mol. The summed E-state index contributed by atoms with van der Waals surface area (Å²) in [5.74, 6) is 0.907. The second kappa shape index (κ2) is 5.33. The van der Waals surface area contributed by atoms with Gasteiger partial charge in [-0.2, -0.15) is 0 Å². The van der Waals surface area contributed by atoms with Crippen molar-refractivity contribution in [3.63, 3.8) is 0 Å². The minimum Gasteiger partial charge on any atom is -0.468 e. The van der Waals surface area contributed by atoms with Gasteiger partial charge in [0.2, 0.25) is 0 Å². The smallest absolute Gasteiger partial charge is 0.120 e. The average Bonchev–Trinajstić information content (AvgIpc) is 2.79. The quantitative estimate of drug-likeness (QED) is 0.760. The number of hydrogen-bond donors (Lipinski definition) is 2. The zero-order valence-corrected chi connectivity index (χ0v) is 9.79. The molecule has 3 nitrogen and oxygen atoms in total. The van der Waals surface area contributed by atoms with Gasteiger partial charge in [0.15, 0.2) is 0 Å². The molecule has 0 amide bonds. The summed E-state index contributed by atoms with van der Waals surface area (Å²) < 4.78 is 5.28. The summed E-state index contributed by atoms with van der Waals surface area (Å²) >= 11 is 0. The fourth-order valence-electron chi connectivity index (χ4n) is 1.48. The van der Waals surface area contributed by atoms with Crippen LogP contribution < -0.4 is 5.32 Å². The Labute approximate surface area is 91.5 Å². The molecule has 1 atom stereocenters. The van der Waals surface area contributed by atoms with Crippen LogP contribution in [-0.4, -0.2) is 17.3 Å². The van der Waals surface area contributed by atoms with E-state index in [0.717, 1.165) is 18.6 Å². The van der Waals surface area contributed by atoms with Crippen molar-refractivity contribution in [2.45, 2.75) is 45.3 Å². The lowest BCUT2D eigenvalue weighted by molar-refractivity contribution is 0.0297. The second-order valence-electron chi connectivity index (χ2n) is 4.05. The fraction of sp³-hybridized carbons (Fsp3) is 0.667. The molecule has 0 aliphatic rings. The first-order chi connectivity index (χ1) is 7.11. The summed E-state index contributed by atoms with van der Waals surface area (Å²) in [6.07, 6.45) is 3.20. The predicted octanol–water partition coefficient (Wildman–Crippen LogP) is 2.48. The van der Waals surface area contributed by atoms with E-state index in [2.05, 4.69) is 5.32 Å². The molecule has 0 saturated heterocycles. The normalized spacial score (nSPS) is 14.1. The van der Waals surface area contributed by atoms with Gasteiger partial charge in [-0.15, -0.1) is 0 Å². The molecule has 1 aromatic heterocycles. The maximum Gasteiger partial charge on any atom is 0.120 e. The van der Waals surface area contributed by atoms with Crippen LogP contribution in [0.2, 0.25) is 0 Å². The van der Waals surface area contributed by atoms with E-state index in [1.807, 2.05) is 32.9 Å². The molecule has 0 spiro atoms. The molecule has 15 heavy (non-hydrogen) atoms. The first-order valence-electron chi connectivity index (χ1n) is 5.60. The van der Waals surface area contributed by atoms with E-state index in [4.69, 9.17) is 4.42 Å². The van der Waals surface area contributed by atoms with Crippen molar-refractivity contribution < 1.29 is 9.52 Å². The lowest BCUT2D eigenvalue weighted by Crippen LogP contribution is -2.40. The minimum atomic E-state index is -0.596. The molecular weight excluding hydrogens is 190 g/mol. The predicted molar refractivity (Wildman–Crippen MR) is 60.7 cm³/mol. The molecule has 0 aromatic carbocycles. The topological polar surface area (TPSA) is 45.4 Å². The Morgan fingerprint density at radius 2 is 2.13 bits per heavy atom. The maximum atomic E-state index is 10.1. The Morgan fingerprint density at radius 3 is 2.60 bits per heavy atom. The molecule has 0 bridgehead atoms. The first-order valence-corrected chi connectivity index (χ1v) is 5.60. The Hall–Kier alpha value is -0.800. The number of aliphatic hydroxyl groups is 1. The van der Waals surface area contributed by atoms with Gasteiger partial charge in [0.25, 0.3) is 0 Å². The lowest BCUT2D eigenvalue weighted by Gasteiger charge is -2.27. The molecule has 0 aliphatic heterocycles. The van der Waals surface area contributed by atoms with Crippen LogP contribution in [0.15, 0.2) is 22.8 Å². The summed E-state index contributed by atoms with van der Waals surface area (Å²) in [4.78, 5) is 0. The zero-order valence-electron chi connectivity index (χ0n) is 9.79. The molecule has 0 fully saturated rings. The standard InChI is InChI=1S/C12H21NO2/c1-4-12(14,5-2)9-13-10(3)11-7-6-8-15-11/h6-8,10,13-14H,4-5,9H2,1-3H3/t10-/m1/s1. The van der Waals surface area contributed by atoms with E-state index in [0.29, 0.717) is 6.54 Å². The zero-order chi connectivity index (χ0) is 11.3. The van der Waals surface area contributed by atoms with Crippen LogP contribution in [0, 0.1) is 0 Å². The van der Waals surface area contributed by atoms with Crippen LogP contribution >= 0.6 is 0 Å². The van der Waals surface area contributed by atoms with Gasteiger partial charge >= 0.3 is 0 Å². The molecular formula is C12H21NO2. The fourth-order valence-corrected chi connectivity index (χ4v) is 1.48. The highest BCUT2D eigenvalue weighted by Crippen LogP contribution is 2.17. The van der Waals surface area contributed by atoms with E-state index in [1.165, 1.54) is 0 Å². The third-order valence-electron chi connectivity index (χ3n) is 3.02. The Bertz CT molecular complexity index is 265. The molecule has 0 radical (unpaired) electrons. The van der Waals surface area contributed by atoms with Crippen LogP contribution in [0.4, 0.5) is 0 Å². The highest BCUT2D eigenvalue weighted by molar-refractivity contribution is 5.03. The second-order valence-corrected chi connectivity index (χ2v) is 4.05. The molecule has 1 rings (SSSR count). The number of hydrogen-bond acceptors (Lipinski definition) is 3. The molecule has 3 heteroatoms. The number of rotatable bonds is 6. The lowest BCUT2D eigenvalue weighted by atomic mass is 9.97. The third kappa shape index (κ3) is 3.36. The van der Waals surface area contributed by atoms with E-state index in [9.17, 15) is 5.11 Å². The van der Waals surface area contributed by atoms with Gasteiger partial charge in [0.05, 0.1) is 17.9 Å². The largest absolute Gasteiger partial charge is 0.468 e. The van der Waals surface area contributed by atoms with Gasteiger partial charge in [-0.05, 0) is 31.9 Å². The van der Waals surface area contributed by atoms with Crippen molar-refractivity contribution in [1.29, 1.82) is 0 Å². The van der Waals surface area contributed by atoms with Crippen LogP contribution in [0.3, 0.4) is 0 Å². The highest BCUT2D eigenvalue weighted by atomic mass is 16.3. The Kier molecular flexibility index (Phi) is 4.36. The Morgan fingerprint density at radius 1 is 1.47 bits per heavy atom. The molecule has 0 unspecified atom stereocenters. The van der Waals surface area contributed by atoms with E-state index >= 15 is 0 Å². The van der Waals surface area contributed by atoms with Gasteiger partial charge in [-0.1, -0.05) is 13.8 Å².